The quantitative estimate of drug-likeness (QED) is 0.870. The normalized spacial score (nSPS) is 16.3. The van der Waals surface area contributed by atoms with Gasteiger partial charge in [0.1, 0.15) is 12.3 Å². The topological polar surface area (TPSA) is 106 Å². The minimum Gasteiger partial charge on any atom is -0.492 e. The Labute approximate surface area is 136 Å². The van der Waals surface area contributed by atoms with Gasteiger partial charge in [-0.15, -0.1) is 5.10 Å². The van der Waals surface area contributed by atoms with Gasteiger partial charge in [-0.25, -0.2) is 9.48 Å². The summed E-state index contributed by atoms with van der Waals surface area (Å²) >= 11 is 6.09. The molecule has 23 heavy (non-hydrogen) atoms. The fourth-order valence-electron chi connectivity index (χ4n) is 2.40. The molecule has 0 radical (unpaired) electrons. The number of nitrogens with zero attached hydrogens (tertiary/aromatic N) is 3. The summed E-state index contributed by atoms with van der Waals surface area (Å²) in [6, 6.07) is 5.16. The van der Waals surface area contributed by atoms with E-state index in [1.807, 2.05) is 6.07 Å². The van der Waals surface area contributed by atoms with Crippen molar-refractivity contribution in [3.05, 3.63) is 40.7 Å². The number of amides is 1. The second kappa shape index (κ2) is 6.25. The number of halogens is 1. The zero-order valence-corrected chi connectivity index (χ0v) is 12.7. The van der Waals surface area contributed by atoms with E-state index < -0.39 is 5.97 Å². The van der Waals surface area contributed by atoms with Crippen molar-refractivity contribution >= 4 is 23.5 Å². The lowest BCUT2D eigenvalue weighted by molar-refractivity contribution is -0.122. The second-order valence-electron chi connectivity index (χ2n) is 5.02. The van der Waals surface area contributed by atoms with Crippen LogP contribution >= 0.6 is 11.6 Å². The van der Waals surface area contributed by atoms with Crippen molar-refractivity contribution in [2.24, 2.45) is 0 Å². The van der Waals surface area contributed by atoms with Crippen LogP contribution < -0.4 is 10.1 Å². The van der Waals surface area contributed by atoms with Crippen molar-refractivity contribution in [1.29, 1.82) is 0 Å². The van der Waals surface area contributed by atoms with E-state index in [9.17, 15) is 9.59 Å². The van der Waals surface area contributed by atoms with Gasteiger partial charge in [0.05, 0.1) is 23.9 Å². The first-order valence-corrected chi connectivity index (χ1v) is 7.26. The number of carbonyl (C=O) groups is 2. The molecule has 0 unspecified atom stereocenters. The maximum Gasteiger partial charge on any atom is 0.358 e. The number of ether oxygens (including phenoxy) is 1. The second-order valence-corrected chi connectivity index (χ2v) is 5.43. The van der Waals surface area contributed by atoms with Crippen LogP contribution in [-0.2, 0) is 11.3 Å². The van der Waals surface area contributed by atoms with Crippen LogP contribution in [0.4, 0.5) is 0 Å². The van der Waals surface area contributed by atoms with Crippen molar-refractivity contribution in [3.8, 4) is 5.75 Å². The van der Waals surface area contributed by atoms with Gasteiger partial charge in [-0.3, -0.25) is 4.79 Å². The van der Waals surface area contributed by atoms with E-state index in [0.717, 1.165) is 5.56 Å². The van der Waals surface area contributed by atoms with Crippen LogP contribution in [0.2, 0.25) is 5.02 Å². The Morgan fingerprint density at radius 1 is 1.48 bits per heavy atom. The molecule has 2 heterocycles. The molecule has 0 fully saturated rings. The van der Waals surface area contributed by atoms with E-state index in [2.05, 4.69) is 15.6 Å². The summed E-state index contributed by atoms with van der Waals surface area (Å²) in [4.78, 5) is 22.9. The predicted molar refractivity (Wildman–Crippen MR) is 79.4 cm³/mol. The Morgan fingerprint density at radius 3 is 3.04 bits per heavy atom. The summed E-state index contributed by atoms with van der Waals surface area (Å²) in [7, 11) is 0. The van der Waals surface area contributed by atoms with Crippen LogP contribution in [0.5, 0.6) is 5.75 Å². The van der Waals surface area contributed by atoms with E-state index in [0.29, 0.717) is 23.8 Å². The molecule has 9 heteroatoms. The molecular formula is C14H13ClN4O4. The third-order valence-electron chi connectivity index (χ3n) is 3.42. The summed E-state index contributed by atoms with van der Waals surface area (Å²) in [6.45, 7) is 0.335. The lowest BCUT2D eigenvalue weighted by Crippen LogP contribution is -2.34. The number of aromatic nitrogens is 3. The first-order valence-electron chi connectivity index (χ1n) is 6.88. The number of aromatic carboxylic acids is 1. The molecule has 2 aromatic rings. The number of carboxylic acid groups (broad SMARTS) is 1. The van der Waals surface area contributed by atoms with Crippen LogP contribution in [-0.4, -0.2) is 38.6 Å². The Kier molecular flexibility index (Phi) is 4.16. The van der Waals surface area contributed by atoms with E-state index in [1.54, 1.807) is 12.1 Å². The third-order valence-corrected chi connectivity index (χ3v) is 3.72. The van der Waals surface area contributed by atoms with Crippen LogP contribution in [0.25, 0.3) is 0 Å². The Morgan fingerprint density at radius 2 is 2.30 bits per heavy atom. The van der Waals surface area contributed by atoms with Crippen molar-refractivity contribution in [1.82, 2.24) is 20.3 Å². The van der Waals surface area contributed by atoms with Gasteiger partial charge in [0, 0.05) is 12.0 Å². The number of hydrogen-bond donors (Lipinski definition) is 2. The monoisotopic (exact) mass is 336 g/mol. The standard InChI is InChI=1S/C14H13ClN4O4/c15-9-3-1-2-8-10(4-5-23-13(8)9)16-12(20)7-19-6-11(14(21)22)17-18-19/h1-3,6,10H,4-5,7H2,(H,16,20)(H,21,22)/t10-/m0/s1. The van der Waals surface area contributed by atoms with Crippen LogP contribution in [0.15, 0.2) is 24.4 Å². The van der Waals surface area contributed by atoms with Gasteiger partial charge >= 0.3 is 5.97 Å². The number of nitrogens with one attached hydrogen (secondary N) is 1. The largest absolute Gasteiger partial charge is 0.492 e. The molecule has 0 aliphatic carbocycles. The molecule has 1 aliphatic rings. The van der Waals surface area contributed by atoms with Crippen molar-refractivity contribution in [2.75, 3.05) is 6.61 Å². The highest BCUT2D eigenvalue weighted by atomic mass is 35.5. The average molecular weight is 337 g/mol. The minimum absolute atomic E-state index is 0.118. The molecule has 120 valence electrons. The molecule has 1 amide bonds. The van der Waals surface area contributed by atoms with Gasteiger partial charge < -0.3 is 15.2 Å². The van der Waals surface area contributed by atoms with E-state index in [-0.39, 0.29) is 24.2 Å². The lowest BCUT2D eigenvalue weighted by Gasteiger charge is -2.27. The highest BCUT2D eigenvalue weighted by Gasteiger charge is 2.24. The fraction of sp³-hybridized carbons (Fsp3) is 0.286. The zero-order chi connectivity index (χ0) is 16.4. The number of carbonyl (C=O) groups excluding carboxylic acids is 1. The zero-order valence-electron chi connectivity index (χ0n) is 11.9. The Balaban J connectivity index is 1.69. The Hall–Kier alpha value is -2.61. The van der Waals surface area contributed by atoms with Crippen LogP contribution in [0.1, 0.15) is 28.5 Å². The molecule has 3 rings (SSSR count). The van der Waals surface area contributed by atoms with E-state index in [4.69, 9.17) is 21.4 Å². The number of para-hydroxylation sites is 1. The smallest absolute Gasteiger partial charge is 0.358 e. The van der Waals surface area contributed by atoms with Crippen molar-refractivity contribution in [2.45, 2.75) is 19.0 Å². The molecule has 0 bridgehead atoms. The van der Waals surface area contributed by atoms with Gasteiger partial charge in [0.25, 0.3) is 0 Å². The van der Waals surface area contributed by atoms with Crippen molar-refractivity contribution < 1.29 is 19.4 Å². The number of rotatable bonds is 4. The number of carboxylic acids is 1. The molecule has 1 aromatic carbocycles. The maximum atomic E-state index is 12.1. The highest BCUT2D eigenvalue weighted by molar-refractivity contribution is 6.32. The molecular weight excluding hydrogens is 324 g/mol. The molecule has 1 aromatic heterocycles. The van der Waals surface area contributed by atoms with Gasteiger partial charge in [-0.2, -0.15) is 0 Å². The Bertz CT molecular complexity index is 761. The maximum absolute atomic E-state index is 12.1. The molecule has 0 saturated heterocycles. The van der Waals surface area contributed by atoms with Gasteiger partial charge in [-0.1, -0.05) is 28.9 Å². The van der Waals surface area contributed by atoms with Crippen molar-refractivity contribution in [3.63, 3.8) is 0 Å². The fourth-order valence-corrected chi connectivity index (χ4v) is 2.63. The van der Waals surface area contributed by atoms with Crippen LogP contribution in [0, 0.1) is 0 Å². The lowest BCUT2D eigenvalue weighted by atomic mass is 10.0. The van der Waals surface area contributed by atoms with E-state index >= 15 is 0 Å². The minimum atomic E-state index is -1.19. The van der Waals surface area contributed by atoms with E-state index in [1.165, 1.54) is 10.9 Å². The molecule has 1 atom stereocenters. The molecule has 1 aliphatic heterocycles. The third kappa shape index (κ3) is 3.26. The summed E-state index contributed by atoms with van der Waals surface area (Å²) in [5.74, 6) is -0.908. The van der Waals surface area contributed by atoms with Gasteiger partial charge in [0.15, 0.2) is 5.69 Å². The summed E-state index contributed by atoms with van der Waals surface area (Å²) in [5.41, 5.74) is 0.614. The number of benzene rings is 1. The number of fused-ring (bicyclic) bond motifs is 1. The van der Waals surface area contributed by atoms with Crippen LogP contribution in [0.3, 0.4) is 0 Å². The molecule has 8 nitrogen and oxygen atoms in total. The molecule has 2 N–H and O–H groups in total. The molecule has 0 saturated carbocycles. The SMILES string of the molecule is O=C(Cn1cc(C(=O)O)nn1)N[C@H]1CCOc2c(Cl)cccc21. The first kappa shape index (κ1) is 15.3. The summed E-state index contributed by atoms with van der Waals surface area (Å²) < 4.78 is 6.72. The summed E-state index contributed by atoms with van der Waals surface area (Å²) in [5, 5.41) is 19.2. The average Bonchev–Trinajstić information content (AvgIpc) is 2.97. The first-order chi connectivity index (χ1) is 11.0. The summed E-state index contributed by atoms with van der Waals surface area (Å²) in [6.07, 6.45) is 1.83. The highest BCUT2D eigenvalue weighted by Crippen LogP contribution is 2.37. The van der Waals surface area contributed by atoms with Gasteiger partial charge in [0.2, 0.25) is 5.91 Å². The van der Waals surface area contributed by atoms with Gasteiger partial charge in [-0.05, 0) is 6.07 Å². The molecule has 0 spiro atoms. The number of hydrogen-bond acceptors (Lipinski definition) is 5. The predicted octanol–water partition coefficient (Wildman–Crippen LogP) is 1.27.